The number of rotatable bonds is 3. The highest BCUT2D eigenvalue weighted by atomic mass is 35.5. The van der Waals surface area contributed by atoms with Crippen molar-refractivity contribution in [2.24, 2.45) is 5.73 Å². The quantitative estimate of drug-likeness (QED) is 0.602. The lowest BCUT2D eigenvalue weighted by Crippen LogP contribution is -2.21. The molecule has 1 rings (SSSR count). The van der Waals surface area contributed by atoms with E-state index < -0.39 is 22.6 Å². The average molecular weight is 231 g/mol. The lowest BCUT2D eigenvalue weighted by Gasteiger charge is -2.07. The van der Waals surface area contributed by atoms with Crippen molar-refractivity contribution in [3.63, 3.8) is 0 Å². The van der Waals surface area contributed by atoms with Crippen LogP contribution in [0.15, 0.2) is 18.2 Å². The molecule has 3 N–H and O–H groups in total. The predicted molar refractivity (Wildman–Crippen MR) is 52.7 cm³/mol. The largest absolute Gasteiger partial charge is 0.480 e. The fourth-order valence-corrected chi connectivity index (χ4v) is 1.36. The molecule has 0 aliphatic heterocycles. The van der Waals surface area contributed by atoms with Crippen LogP contribution in [0.5, 0.6) is 0 Å². The minimum Gasteiger partial charge on any atom is -0.480 e. The topological polar surface area (TPSA) is 106 Å². The summed E-state index contributed by atoms with van der Waals surface area (Å²) in [5.74, 6) is -1.35. The molecule has 0 unspecified atom stereocenters. The van der Waals surface area contributed by atoms with Crippen LogP contribution in [0.2, 0.25) is 5.02 Å². The molecule has 7 heteroatoms. The lowest BCUT2D eigenvalue weighted by atomic mass is 10.1. The van der Waals surface area contributed by atoms with Gasteiger partial charge in [-0.25, -0.2) is 0 Å². The second-order valence-corrected chi connectivity index (χ2v) is 3.16. The zero-order valence-electron chi connectivity index (χ0n) is 7.38. The maximum atomic E-state index is 10.6. The van der Waals surface area contributed by atoms with Gasteiger partial charge in [0.2, 0.25) is 0 Å². The summed E-state index contributed by atoms with van der Waals surface area (Å²) in [6, 6.07) is 2.53. The summed E-state index contributed by atoms with van der Waals surface area (Å²) >= 11 is 5.58. The van der Waals surface area contributed by atoms with Crippen LogP contribution in [-0.2, 0) is 4.79 Å². The molecule has 0 saturated heterocycles. The monoisotopic (exact) mass is 230 g/mol. The minimum atomic E-state index is -1.45. The Hall–Kier alpha value is -1.66. The molecule has 0 fully saturated rings. The Bertz CT molecular complexity index is 421. The van der Waals surface area contributed by atoms with E-state index in [0.29, 0.717) is 0 Å². The molecule has 0 heterocycles. The van der Waals surface area contributed by atoms with Crippen molar-refractivity contribution in [1.29, 1.82) is 0 Å². The Balaban J connectivity index is 3.35. The number of nitro benzene ring substituents is 1. The van der Waals surface area contributed by atoms with Crippen LogP contribution in [0.3, 0.4) is 0 Å². The summed E-state index contributed by atoms with van der Waals surface area (Å²) in [7, 11) is 0. The molecule has 0 saturated carbocycles. The Morgan fingerprint density at radius 2 is 2.20 bits per heavy atom. The molecule has 0 radical (unpaired) electrons. The van der Waals surface area contributed by atoms with Crippen molar-refractivity contribution in [2.75, 3.05) is 0 Å². The first-order valence-electron chi connectivity index (χ1n) is 3.86. The summed E-state index contributed by atoms with van der Waals surface area (Å²) in [4.78, 5) is 20.5. The van der Waals surface area contributed by atoms with Crippen LogP contribution < -0.4 is 5.73 Å². The van der Waals surface area contributed by atoms with E-state index in [0.717, 1.165) is 0 Å². The third-order valence-corrected chi connectivity index (χ3v) is 2.11. The summed E-state index contributed by atoms with van der Waals surface area (Å²) in [5, 5.41) is 19.2. The van der Waals surface area contributed by atoms with Gasteiger partial charge >= 0.3 is 5.97 Å². The van der Waals surface area contributed by atoms with E-state index >= 15 is 0 Å². The van der Waals surface area contributed by atoms with Gasteiger partial charge in [0.15, 0.2) is 0 Å². The number of carboxylic acids is 1. The second kappa shape index (κ2) is 4.24. The highest BCUT2D eigenvalue weighted by Crippen LogP contribution is 2.31. The average Bonchev–Trinajstić information content (AvgIpc) is 2.15. The van der Waals surface area contributed by atoms with E-state index in [2.05, 4.69) is 0 Å². The van der Waals surface area contributed by atoms with Crippen LogP contribution >= 0.6 is 11.6 Å². The zero-order chi connectivity index (χ0) is 11.6. The smallest absolute Gasteiger partial charge is 0.325 e. The number of aliphatic carboxylic acids is 1. The van der Waals surface area contributed by atoms with Crippen LogP contribution in [0, 0.1) is 10.1 Å². The minimum absolute atomic E-state index is 0.111. The fraction of sp³-hybridized carbons (Fsp3) is 0.125. The number of para-hydroxylation sites is 1. The van der Waals surface area contributed by atoms with Crippen LogP contribution in [0.4, 0.5) is 5.69 Å². The molecule has 6 nitrogen and oxygen atoms in total. The van der Waals surface area contributed by atoms with E-state index in [9.17, 15) is 14.9 Å². The first-order valence-corrected chi connectivity index (χ1v) is 4.24. The number of nitrogens with two attached hydrogens (primary N) is 1. The molecule has 80 valence electrons. The van der Waals surface area contributed by atoms with Gasteiger partial charge in [-0.05, 0) is 12.1 Å². The van der Waals surface area contributed by atoms with E-state index in [1.807, 2.05) is 0 Å². The summed E-state index contributed by atoms with van der Waals surface area (Å²) in [6.45, 7) is 0. The molecule has 0 aliphatic carbocycles. The zero-order valence-corrected chi connectivity index (χ0v) is 8.14. The third kappa shape index (κ3) is 2.23. The van der Waals surface area contributed by atoms with Crippen molar-refractivity contribution in [1.82, 2.24) is 0 Å². The van der Waals surface area contributed by atoms with Gasteiger partial charge in [-0.2, -0.15) is 0 Å². The summed E-state index contributed by atoms with van der Waals surface area (Å²) in [6.07, 6.45) is 0. The maximum Gasteiger partial charge on any atom is 0.325 e. The summed E-state index contributed by atoms with van der Waals surface area (Å²) < 4.78 is 0. The fourth-order valence-electron chi connectivity index (χ4n) is 1.11. The first-order chi connectivity index (χ1) is 6.95. The van der Waals surface area contributed by atoms with Gasteiger partial charge in [-0.15, -0.1) is 0 Å². The van der Waals surface area contributed by atoms with Crippen LogP contribution in [0.25, 0.3) is 0 Å². The van der Waals surface area contributed by atoms with Crippen molar-refractivity contribution in [2.45, 2.75) is 6.04 Å². The number of halogens is 1. The number of carboxylic acid groups (broad SMARTS) is 1. The molecule has 1 atom stereocenters. The van der Waals surface area contributed by atoms with Crippen molar-refractivity contribution >= 4 is 23.3 Å². The molecule has 1 aromatic carbocycles. The normalized spacial score (nSPS) is 12.1. The van der Waals surface area contributed by atoms with E-state index in [-0.39, 0.29) is 10.6 Å². The third-order valence-electron chi connectivity index (χ3n) is 1.80. The molecular formula is C8H7ClN2O4. The van der Waals surface area contributed by atoms with Crippen molar-refractivity contribution in [3.05, 3.63) is 38.9 Å². The number of hydrogen-bond acceptors (Lipinski definition) is 4. The molecule has 0 aromatic heterocycles. The van der Waals surface area contributed by atoms with Gasteiger partial charge in [0.25, 0.3) is 5.69 Å². The Kier molecular flexibility index (Phi) is 3.23. The Morgan fingerprint density at radius 1 is 1.60 bits per heavy atom. The number of nitrogens with zero attached hydrogens (tertiary/aromatic N) is 1. The second-order valence-electron chi connectivity index (χ2n) is 2.75. The summed E-state index contributed by atoms with van der Waals surface area (Å²) in [5.41, 5.74) is 4.71. The first kappa shape index (κ1) is 11.4. The van der Waals surface area contributed by atoms with Crippen molar-refractivity contribution < 1.29 is 14.8 Å². The lowest BCUT2D eigenvalue weighted by molar-refractivity contribution is -0.385. The number of hydrogen-bond donors (Lipinski definition) is 2. The highest BCUT2D eigenvalue weighted by Gasteiger charge is 2.26. The van der Waals surface area contributed by atoms with Gasteiger partial charge in [-0.3, -0.25) is 14.9 Å². The van der Waals surface area contributed by atoms with E-state index in [1.54, 1.807) is 0 Å². The van der Waals surface area contributed by atoms with Crippen molar-refractivity contribution in [3.8, 4) is 0 Å². The molecule has 1 aromatic rings. The van der Waals surface area contributed by atoms with E-state index in [4.69, 9.17) is 22.4 Å². The van der Waals surface area contributed by atoms with Gasteiger partial charge in [0.05, 0.1) is 10.5 Å². The Labute approximate surface area is 89.4 Å². The highest BCUT2D eigenvalue weighted by molar-refractivity contribution is 6.32. The molecule has 0 amide bonds. The number of nitro groups is 1. The predicted octanol–water partition coefficient (Wildman–Crippen LogP) is 1.33. The molecule has 15 heavy (non-hydrogen) atoms. The van der Waals surface area contributed by atoms with Crippen LogP contribution in [0.1, 0.15) is 11.6 Å². The Morgan fingerprint density at radius 3 is 2.67 bits per heavy atom. The maximum absolute atomic E-state index is 10.6. The standard InChI is InChI=1S/C8H7ClN2O4/c9-5-3-1-2-4(6(10)8(12)13)7(5)11(14)15/h1-3,6H,10H2,(H,12,13)/t6-/m0/s1. The molecule has 0 spiro atoms. The molecule has 0 aliphatic rings. The molecular weight excluding hydrogens is 224 g/mol. The number of benzene rings is 1. The van der Waals surface area contributed by atoms with Gasteiger partial charge in [0, 0.05) is 0 Å². The van der Waals surface area contributed by atoms with Gasteiger partial charge < -0.3 is 10.8 Å². The van der Waals surface area contributed by atoms with E-state index in [1.165, 1.54) is 18.2 Å². The van der Waals surface area contributed by atoms with Crippen LogP contribution in [-0.4, -0.2) is 16.0 Å². The molecule has 0 bridgehead atoms. The SMILES string of the molecule is N[C@H](C(=O)O)c1cccc(Cl)c1[N+](=O)[O-]. The number of carbonyl (C=O) groups is 1. The van der Waals surface area contributed by atoms with Gasteiger partial charge in [0.1, 0.15) is 11.1 Å². The van der Waals surface area contributed by atoms with Gasteiger partial charge in [-0.1, -0.05) is 17.7 Å².